The molecule has 1 amide bonds. The van der Waals surface area contributed by atoms with Crippen LogP contribution in [-0.4, -0.2) is 28.6 Å². The first-order chi connectivity index (χ1) is 10.7. The number of amides is 1. The van der Waals surface area contributed by atoms with E-state index in [1.807, 2.05) is 24.3 Å². The first-order valence-corrected chi connectivity index (χ1v) is 7.99. The van der Waals surface area contributed by atoms with Crippen molar-refractivity contribution in [1.82, 2.24) is 5.32 Å². The summed E-state index contributed by atoms with van der Waals surface area (Å²) in [5, 5.41) is 11.7. The van der Waals surface area contributed by atoms with Crippen molar-refractivity contribution in [3.63, 3.8) is 0 Å². The summed E-state index contributed by atoms with van der Waals surface area (Å²) in [6.45, 7) is 8.87. The van der Waals surface area contributed by atoms with Crippen LogP contribution in [0.3, 0.4) is 0 Å². The average Bonchev–Trinajstić information content (AvgIpc) is 2.45. The molecule has 0 aliphatic heterocycles. The molecule has 5 heteroatoms. The van der Waals surface area contributed by atoms with E-state index >= 15 is 0 Å². The number of aryl methyl sites for hydroxylation is 1. The van der Waals surface area contributed by atoms with Crippen molar-refractivity contribution < 1.29 is 19.4 Å². The lowest BCUT2D eigenvalue weighted by molar-refractivity contribution is -0.146. The van der Waals surface area contributed by atoms with E-state index in [9.17, 15) is 14.7 Å². The number of rotatable bonds is 8. The summed E-state index contributed by atoms with van der Waals surface area (Å²) in [5.74, 6) is -1.12. The van der Waals surface area contributed by atoms with Crippen molar-refractivity contribution in [3.05, 3.63) is 29.8 Å². The third-order valence-corrected chi connectivity index (χ3v) is 3.60. The Hall–Kier alpha value is -2.04. The number of carbonyl (C=O) groups is 2. The van der Waals surface area contributed by atoms with Gasteiger partial charge in [-0.2, -0.15) is 0 Å². The number of carbonyl (C=O) groups excluding carboxylic acids is 1. The highest BCUT2D eigenvalue weighted by Gasteiger charge is 2.34. The minimum absolute atomic E-state index is 0.208. The Bertz CT molecular complexity index is 534. The molecular weight excluding hydrogens is 294 g/mol. The first kappa shape index (κ1) is 19.0. The highest BCUT2D eigenvalue weighted by atomic mass is 16.5. The molecule has 0 bridgehead atoms. The summed E-state index contributed by atoms with van der Waals surface area (Å²) in [7, 11) is 0. The number of nitrogens with one attached hydrogen (secondary N) is 1. The predicted molar refractivity (Wildman–Crippen MR) is 89.5 cm³/mol. The third kappa shape index (κ3) is 5.58. The zero-order chi connectivity index (χ0) is 17.6. The Morgan fingerprint density at radius 1 is 1.22 bits per heavy atom. The van der Waals surface area contributed by atoms with Crippen LogP contribution in [0.5, 0.6) is 5.75 Å². The maximum atomic E-state index is 12.4. The lowest BCUT2D eigenvalue weighted by Gasteiger charge is -2.28. The number of benzene rings is 1. The number of aliphatic carboxylic acids is 1. The van der Waals surface area contributed by atoms with Crippen LogP contribution in [0.15, 0.2) is 24.3 Å². The molecule has 2 N–H and O–H groups in total. The summed E-state index contributed by atoms with van der Waals surface area (Å²) in [5.41, 5.74) is 0.0577. The van der Waals surface area contributed by atoms with Crippen LogP contribution in [0.1, 0.15) is 46.6 Å². The van der Waals surface area contributed by atoms with Crippen LogP contribution < -0.4 is 10.1 Å². The molecule has 0 saturated heterocycles. The molecule has 128 valence electrons. The van der Waals surface area contributed by atoms with Gasteiger partial charge in [0.2, 0.25) is 0 Å². The second kappa shape index (κ2) is 7.99. The SMILES string of the molecule is CCCc1ccc(OC(C)(C)C(=O)NC(C(=O)O)C(C)C)cc1. The zero-order valence-corrected chi connectivity index (χ0v) is 14.6. The molecule has 0 saturated carbocycles. The van der Waals surface area contributed by atoms with Crippen LogP contribution in [0.2, 0.25) is 0 Å². The van der Waals surface area contributed by atoms with Crippen molar-refractivity contribution in [3.8, 4) is 5.75 Å². The zero-order valence-electron chi connectivity index (χ0n) is 14.6. The summed E-state index contributed by atoms with van der Waals surface area (Å²) in [6.07, 6.45) is 2.07. The molecule has 0 fully saturated rings. The molecule has 0 aromatic heterocycles. The molecule has 0 aliphatic carbocycles. The van der Waals surface area contributed by atoms with Gasteiger partial charge >= 0.3 is 5.97 Å². The van der Waals surface area contributed by atoms with Crippen molar-refractivity contribution in [2.75, 3.05) is 0 Å². The monoisotopic (exact) mass is 321 g/mol. The number of carboxylic acids is 1. The van der Waals surface area contributed by atoms with Gasteiger partial charge in [-0.15, -0.1) is 0 Å². The molecule has 1 atom stereocenters. The van der Waals surface area contributed by atoms with E-state index in [0.717, 1.165) is 12.8 Å². The van der Waals surface area contributed by atoms with E-state index in [-0.39, 0.29) is 5.92 Å². The number of carboxylic acid groups (broad SMARTS) is 1. The lowest BCUT2D eigenvalue weighted by Crippen LogP contribution is -2.53. The van der Waals surface area contributed by atoms with Gasteiger partial charge in [-0.3, -0.25) is 4.79 Å². The molecule has 1 aromatic rings. The van der Waals surface area contributed by atoms with Crippen LogP contribution in [-0.2, 0) is 16.0 Å². The van der Waals surface area contributed by atoms with Crippen LogP contribution in [0, 0.1) is 5.92 Å². The molecule has 5 nitrogen and oxygen atoms in total. The van der Waals surface area contributed by atoms with Crippen LogP contribution >= 0.6 is 0 Å². The normalized spacial score (nSPS) is 12.8. The second-order valence-corrected chi connectivity index (χ2v) is 6.54. The van der Waals surface area contributed by atoms with Gasteiger partial charge in [-0.05, 0) is 43.9 Å². The fourth-order valence-electron chi connectivity index (χ4n) is 2.18. The Morgan fingerprint density at radius 3 is 2.22 bits per heavy atom. The maximum absolute atomic E-state index is 12.4. The summed E-state index contributed by atoms with van der Waals surface area (Å²) in [4.78, 5) is 23.6. The van der Waals surface area contributed by atoms with Gasteiger partial charge in [0.1, 0.15) is 11.8 Å². The predicted octanol–water partition coefficient (Wildman–Crippen LogP) is 3.02. The Morgan fingerprint density at radius 2 is 1.78 bits per heavy atom. The van der Waals surface area contributed by atoms with E-state index in [4.69, 9.17) is 4.74 Å². The van der Waals surface area contributed by atoms with Crippen molar-refractivity contribution in [1.29, 1.82) is 0 Å². The third-order valence-electron chi connectivity index (χ3n) is 3.60. The fourth-order valence-corrected chi connectivity index (χ4v) is 2.18. The van der Waals surface area contributed by atoms with Crippen molar-refractivity contribution in [2.24, 2.45) is 5.92 Å². The quantitative estimate of drug-likeness (QED) is 0.772. The van der Waals surface area contributed by atoms with Gasteiger partial charge < -0.3 is 15.2 Å². The molecule has 0 heterocycles. The molecule has 0 aliphatic rings. The van der Waals surface area contributed by atoms with E-state index in [1.165, 1.54) is 5.56 Å². The standard InChI is InChI=1S/C18H27NO4/c1-6-7-13-8-10-14(11-9-13)23-18(4,5)17(22)19-15(12(2)3)16(20)21/h8-12,15H,6-7H2,1-5H3,(H,19,22)(H,20,21). The molecule has 1 unspecified atom stereocenters. The van der Waals surface area contributed by atoms with Crippen molar-refractivity contribution >= 4 is 11.9 Å². The van der Waals surface area contributed by atoms with Crippen LogP contribution in [0.4, 0.5) is 0 Å². The van der Waals surface area contributed by atoms with Crippen LogP contribution in [0.25, 0.3) is 0 Å². The first-order valence-electron chi connectivity index (χ1n) is 7.99. The highest BCUT2D eigenvalue weighted by Crippen LogP contribution is 2.20. The smallest absolute Gasteiger partial charge is 0.326 e. The molecule has 0 spiro atoms. The number of ether oxygens (including phenoxy) is 1. The second-order valence-electron chi connectivity index (χ2n) is 6.54. The summed E-state index contributed by atoms with van der Waals surface area (Å²) >= 11 is 0. The topological polar surface area (TPSA) is 75.6 Å². The van der Waals surface area contributed by atoms with Gasteiger partial charge in [0.05, 0.1) is 0 Å². The van der Waals surface area contributed by atoms with E-state index in [0.29, 0.717) is 5.75 Å². The molecular formula is C18H27NO4. The number of hydrogen-bond acceptors (Lipinski definition) is 3. The van der Waals surface area contributed by atoms with E-state index in [1.54, 1.807) is 27.7 Å². The molecule has 0 radical (unpaired) electrons. The Balaban J connectivity index is 2.76. The Kier molecular flexibility index (Phi) is 6.61. The fraction of sp³-hybridized carbons (Fsp3) is 0.556. The minimum atomic E-state index is -1.16. The van der Waals surface area contributed by atoms with Gasteiger partial charge in [0, 0.05) is 0 Å². The summed E-state index contributed by atoms with van der Waals surface area (Å²) in [6, 6.07) is 6.67. The number of hydrogen-bond donors (Lipinski definition) is 2. The van der Waals surface area contributed by atoms with Gasteiger partial charge in [-0.25, -0.2) is 4.79 Å². The lowest BCUT2D eigenvalue weighted by atomic mass is 10.0. The minimum Gasteiger partial charge on any atom is -0.480 e. The largest absolute Gasteiger partial charge is 0.480 e. The molecule has 1 rings (SSSR count). The summed E-state index contributed by atoms with van der Waals surface area (Å²) < 4.78 is 5.75. The Labute approximate surface area is 138 Å². The highest BCUT2D eigenvalue weighted by molar-refractivity contribution is 5.89. The van der Waals surface area contributed by atoms with Gasteiger partial charge in [0.15, 0.2) is 5.60 Å². The molecule has 1 aromatic carbocycles. The van der Waals surface area contributed by atoms with E-state index in [2.05, 4.69) is 12.2 Å². The maximum Gasteiger partial charge on any atom is 0.326 e. The molecule has 23 heavy (non-hydrogen) atoms. The van der Waals surface area contributed by atoms with E-state index < -0.39 is 23.5 Å². The van der Waals surface area contributed by atoms with Gasteiger partial charge in [0.25, 0.3) is 5.91 Å². The average molecular weight is 321 g/mol. The van der Waals surface area contributed by atoms with Gasteiger partial charge in [-0.1, -0.05) is 39.3 Å². The van der Waals surface area contributed by atoms with Crippen molar-refractivity contribution in [2.45, 2.75) is 59.1 Å².